The molecule has 0 aromatic heterocycles. The molecule has 1 aliphatic rings. The topological polar surface area (TPSA) is 46.3 Å². The van der Waals surface area contributed by atoms with E-state index in [0.29, 0.717) is 11.7 Å². The van der Waals surface area contributed by atoms with E-state index in [9.17, 15) is 4.21 Å². The van der Waals surface area contributed by atoms with Crippen molar-refractivity contribution in [3.8, 4) is 0 Å². The zero-order valence-electron chi connectivity index (χ0n) is 6.95. The molecule has 1 saturated heterocycles. The molecule has 0 bridgehead atoms. The van der Waals surface area contributed by atoms with E-state index >= 15 is 0 Å². The Morgan fingerprint density at radius 2 is 2.45 bits per heavy atom. The number of rotatable bonds is 2. The van der Waals surface area contributed by atoms with Gasteiger partial charge in [0.25, 0.3) is 0 Å². The van der Waals surface area contributed by atoms with Crippen molar-refractivity contribution in [2.75, 3.05) is 25.9 Å². The molecule has 1 fully saturated rings. The van der Waals surface area contributed by atoms with Gasteiger partial charge in [-0.3, -0.25) is 5.14 Å². The Kier molecular flexibility index (Phi) is 3.48. The van der Waals surface area contributed by atoms with Crippen LogP contribution in [-0.4, -0.2) is 35.0 Å². The monoisotopic (exact) mass is 176 g/mol. The number of likely N-dealkylation sites (tertiary alicyclic amines) is 1. The largest absolute Gasteiger partial charge is 0.306 e. The van der Waals surface area contributed by atoms with Gasteiger partial charge in [-0.05, 0) is 32.4 Å². The Morgan fingerprint density at radius 1 is 1.73 bits per heavy atom. The highest BCUT2D eigenvalue weighted by Crippen LogP contribution is 2.14. The lowest BCUT2D eigenvalue weighted by Gasteiger charge is -2.28. The number of hydrogen-bond acceptors (Lipinski definition) is 2. The molecular formula is C7H16N2OS. The standard InChI is InChI=1S/C7H16N2OS/c1-9-4-2-3-7(5-9)6-11(8)10/h7H,2-6,8H2,1H3/t7?,11-/m1/s1. The van der Waals surface area contributed by atoms with Crippen LogP contribution >= 0.6 is 0 Å². The first-order valence-electron chi connectivity index (χ1n) is 4.00. The van der Waals surface area contributed by atoms with Gasteiger partial charge in [0.05, 0.1) is 11.0 Å². The summed E-state index contributed by atoms with van der Waals surface area (Å²) >= 11 is 0. The van der Waals surface area contributed by atoms with Crippen LogP contribution in [0.5, 0.6) is 0 Å². The highest BCUT2D eigenvalue weighted by molar-refractivity contribution is 7.82. The summed E-state index contributed by atoms with van der Waals surface area (Å²) in [6, 6.07) is 0. The molecule has 0 aromatic rings. The molecule has 0 aliphatic carbocycles. The van der Waals surface area contributed by atoms with Crippen molar-refractivity contribution < 1.29 is 4.21 Å². The number of piperidine rings is 1. The van der Waals surface area contributed by atoms with Crippen molar-refractivity contribution >= 4 is 11.0 Å². The van der Waals surface area contributed by atoms with Gasteiger partial charge in [-0.2, -0.15) is 0 Å². The minimum atomic E-state index is -1.10. The molecule has 66 valence electrons. The van der Waals surface area contributed by atoms with Crippen molar-refractivity contribution in [3.63, 3.8) is 0 Å². The predicted molar refractivity (Wildman–Crippen MR) is 47.4 cm³/mol. The molecule has 1 unspecified atom stereocenters. The van der Waals surface area contributed by atoms with Crippen LogP contribution in [0.25, 0.3) is 0 Å². The maximum atomic E-state index is 10.7. The fraction of sp³-hybridized carbons (Fsp3) is 1.00. The third kappa shape index (κ3) is 3.31. The van der Waals surface area contributed by atoms with Gasteiger partial charge < -0.3 is 4.90 Å². The third-order valence-corrected chi connectivity index (χ3v) is 2.92. The van der Waals surface area contributed by atoms with Gasteiger partial charge in [0, 0.05) is 12.3 Å². The molecule has 0 saturated carbocycles. The predicted octanol–water partition coefficient (Wildman–Crippen LogP) is -0.0494. The van der Waals surface area contributed by atoms with E-state index in [1.165, 1.54) is 19.4 Å². The first-order valence-corrected chi connectivity index (χ1v) is 5.38. The van der Waals surface area contributed by atoms with Crippen LogP contribution in [-0.2, 0) is 11.0 Å². The Labute approximate surface area is 70.5 Å². The quantitative estimate of drug-likeness (QED) is 0.641. The number of nitrogens with two attached hydrogens (primary N) is 1. The summed E-state index contributed by atoms with van der Waals surface area (Å²) in [6.45, 7) is 2.23. The first kappa shape index (κ1) is 9.16. The molecule has 2 N–H and O–H groups in total. The lowest BCUT2D eigenvalue weighted by Crippen LogP contribution is -2.35. The molecule has 0 amide bonds. The third-order valence-electron chi connectivity index (χ3n) is 2.12. The second-order valence-electron chi connectivity index (χ2n) is 3.32. The molecule has 0 radical (unpaired) electrons. The Morgan fingerprint density at radius 3 is 3.00 bits per heavy atom. The first-order chi connectivity index (χ1) is 5.18. The van der Waals surface area contributed by atoms with Crippen molar-refractivity contribution in [2.24, 2.45) is 11.1 Å². The van der Waals surface area contributed by atoms with Gasteiger partial charge >= 0.3 is 0 Å². The smallest absolute Gasteiger partial charge is 0.0891 e. The lowest BCUT2D eigenvalue weighted by atomic mass is 10.0. The summed E-state index contributed by atoms with van der Waals surface area (Å²) in [5, 5.41) is 5.22. The Hall–Kier alpha value is 0.0700. The molecule has 11 heavy (non-hydrogen) atoms. The number of nitrogens with zero attached hydrogens (tertiary/aromatic N) is 1. The highest BCUT2D eigenvalue weighted by Gasteiger charge is 2.17. The fourth-order valence-electron chi connectivity index (χ4n) is 1.64. The van der Waals surface area contributed by atoms with Crippen LogP contribution in [0.4, 0.5) is 0 Å². The minimum Gasteiger partial charge on any atom is -0.306 e. The van der Waals surface area contributed by atoms with Crippen molar-refractivity contribution in [1.29, 1.82) is 0 Å². The van der Waals surface area contributed by atoms with Crippen molar-refractivity contribution in [3.05, 3.63) is 0 Å². The van der Waals surface area contributed by atoms with Crippen molar-refractivity contribution in [2.45, 2.75) is 12.8 Å². The van der Waals surface area contributed by atoms with Crippen LogP contribution in [0.15, 0.2) is 0 Å². The highest BCUT2D eigenvalue weighted by atomic mass is 32.2. The lowest BCUT2D eigenvalue weighted by molar-refractivity contribution is 0.223. The van der Waals surface area contributed by atoms with Crippen molar-refractivity contribution in [1.82, 2.24) is 4.90 Å². The maximum Gasteiger partial charge on any atom is 0.0891 e. The molecule has 1 aliphatic heterocycles. The summed E-state index contributed by atoms with van der Waals surface area (Å²) in [5.41, 5.74) is 0. The molecular weight excluding hydrogens is 160 g/mol. The number of hydrogen-bond donors (Lipinski definition) is 1. The summed E-state index contributed by atoms with van der Waals surface area (Å²) in [4.78, 5) is 2.28. The summed E-state index contributed by atoms with van der Waals surface area (Å²) < 4.78 is 10.7. The zero-order chi connectivity index (χ0) is 8.27. The van der Waals surface area contributed by atoms with E-state index in [1.807, 2.05) is 0 Å². The van der Waals surface area contributed by atoms with Gasteiger partial charge in [-0.1, -0.05) is 0 Å². The van der Waals surface area contributed by atoms with Gasteiger partial charge in [0.2, 0.25) is 0 Å². The van der Waals surface area contributed by atoms with E-state index in [1.54, 1.807) is 0 Å². The van der Waals surface area contributed by atoms with Gasteiger partial charge in [-0.15, -0.1) is 0 Å². The molecule has 0 spiro atoms. The van der Waals surface area contributed by atoms with Gasteiger partial charge in [0.1, 0.15) is 0 Å². The van der Waals surface area contributed by atoms with E-state index in [4.69, 9.17) is 5.14 Å². The van der Waals surface area contributed by atoms with Crippen LogP contribution in [0, 0.1) is 5.92 Å². The normalized spacial score (nSPS) is 30.2. The van der Waals surface area contributed by atoms with Crippen LogP contribution in [0.2, 0.25) is 0 Å². The molecule has 1 rings (SSSR count). The Bertz CT molecular complexity index is 151. The van der Waals surface area contributed by atoms with Crippen LogP contribution in [0.1, 0.15) is 12.8 Å². The van der Waals surface area contributed by atoms with Crippen LogP contribution in [0.3, 0.4) is 0 Å². The average Bonchev–Trinajstić information content (AvgIpc) is 1.85. The molecule has 1 heterocycles. The summed E-state index contributed by atoms with van der Waals surface area (Å²) in [6.07, 6.45) is 2.41. The average molecular weight is 176 g/mol. The Balaban J connectivity index is 2.28. The SMILES string of the molecule is CN1CCCC(C[S@](N)=O)C1. The maximum absolute atomic E-state index is 10.7. The van der Waals surface area contributed by atoms with Gasteiger partial charge in [-0.25, -0.2) is 4.21 Å². The molecule has 4 heteroatoms. The second kappa shape index (κ2) is 4.18. The zero-order valence-corrected chi connectivity index (χ0v) is 7.77. The molecule has 0 aromatic carbocycles. The van der Waals surface area contributed by atoms with Gasteiger partial charge in [0.15, 0.2) is 0 Å². The van der Waals surface area contributed by atoms with E-state index in [-0.39, 0.29) is 0 Å². The minimum absolute atomic E-state index is 0.555. The van der Waals surface area contributed by atoms with Crippen LogP contribution < -0.4 is 5.14 Å². The fourth-order valence-corrected chi connectivity index (χ4v) is 2.38. The second-order valence-corrected chi connectivity index (χ2v) is 4.41. The van der Waals surface area contributed by atoms with E-state index in [2.05, 4.69) is 11.9 Å². The van der Waals surface area contributed by atoms with E-state index < -0.39 is 11.0 Å². The summed E-state index contributed by atoms with van der Waals surface area (Å²) in [5.74, 6) is 1.23. The van der Waals surface area contributed by atoms with E-state index in [0.717, 1.165) is 6.54 Å². The molecule has 3 nitrogen and oxygen atoms in total. The molecule has 2 atom stereocenters. The summed E-state index contributed by atoms with van der Waals surface area (Å²) in [7, 11) is 0.998.